The number of carbonyl (C=O) groups excluding carboxylic acids is 2. The van der Waals surface area contributed by atoms with E-state index in [1.807, 2.05) is 31.2 Å². The molecule has 28 heavy (non-hydrogen) atoms. The number of ether oxygens (including phenoxy) is 1. The van der Waals surface area contributed by atoms with Crippen LogP contribution in [0.4, 0.5) is 9.39 Å². The minimum atomic E-state index is -0.571. The number of amides is 1. The maximum Gasteiger partial charge on any atom is 0.341 e. The van der Waals surface area contributed by atoms with Crippen LogP contribution >= 0.6 is 11.3 Å². The average molecular weight is 395 g/mol. The summed E-state index contributed by atoms with van der Waals surface area (Å²) in [5, 5.41) is 4.84. The Balaban J connectivity index is 1.85. The van der Waals surface area contributed by atoms with Crippen LogP contribution in [-0.2, 0) is 9.53 Å². The van der Waals surface area contributed by atoms with E-state index in [4.69, 9.17) is 4.74 Å². The summed E-state index contributed by atoms with van der Waals surface area (Å²) >= 11 is 1.21. The molecular formula is C22H18FNO3S. The molecule has 0 spiro atoms. The van der Waals surface area contributed by atoms with E-state index in [1.54, 1.807) is 23.6 Å². The summed E-state index contributed by atoms with van der Waals surface area (Å²) in [7, 11) is 1.28. The molecular weight excluding hydrogens is 377 g/mol. The van der Waals surface area contributed by atoms with Gasteiger partial charge >= 0.3 is 5.97 Å². The first-order valence-corrected chi connectivity index (χ1v) is 9.37. The van der Waals surface area contributed by atoms with E-state index in [2.05, 4.69) is 5.32 Å². The van der Waals surface area contributed by atoms with Gasteiger partial charge in [-0.1, -0.05) is 42.0 Å². The third-order valence-corrected chi connectivity index (χ3v) is 4.97. The topological polar surface area (TPSA) is 55.4 Å². The van der Waals surface area contributed by atoms with Crippen LogP contribution in [0.5, 0.6) is 0 Å². The fourth-order valence-electron chi connectivity index (χ4n) is 2.60. The number of methoxy groups -OCH3 is 1. The van der Waals surface area contributed by atoms with Gasteiger partial charge in [0, 0.05) is 17.0 Å². The Kier molecular flexibility index (Phi) is 6.01. The van der Waals surface area contributed by atoms with Gasteiger partial charge in [0.1, 0.15) is 16.4 Å². The number of anilines is 1. The highest BCUT2D eigenvalue weighted by Gasteiger charge is 2.21. The summed E-state index contributed by atoms with van der Waals surface area (Å²) in [6, 6.07) is 13.5. The first kappa shape index (κ1) is 19.5. The van der Waals surface area contributed by atoms with Gasteiger partial charge in [0.2, 0.25) is 5.91 Å². The van der Waals surface area contributed by atoms with E-state index in [9.17, 15) is 14.0 Å². The zero-order valence-electron chi connectivity index (χ0n) is 15.4. The normalized spacial score (nSPS) is 10.8. The van der Waals surface area contributed by atoms with Crippen LogP contribution in [0.15, 0.2) is 60.0 Å². The molecule has 0 unspecified atom stereocenters. The lowest BCUT2D eigenvalue weighted by molar-refractivity contribution is -0.111. The van der Waals surface area contributed by atoms with E-state index in [-0.39, 0.29) is 17.3 Å². The second kappa shape index (κ2) is 8.63. The van der Waals surface area contributed by atoms with Crippen LogP contribution in [0.1, 0.15) is 21.5 Å². The number of rotatable bonds is 5. The molecule has 0 fully saturated rings. The lowest BCUT2D eigenvalue weighted by Gasteiger charge is -2.06. The SMILES string of the molecule is COC(=O)c1c(-c2ccc(F)cc2)csc1NC(=O)/C=C/c1ccc(C)cc1. The molecule has 2 aromatic carbocycles. The molecule has 3 rings (SSSR count). The molecule has 0 aliphatic carbocycles. The van der Waals surface area contributed by atoms with Crippen molar-refractivity contribution >= 4 is 34.3 Å². The van der Waals surface area contributed by atoms with Crippen molar-refractivity contribution in [2.24, 2.45) is 0 Å². The van der Waals surface area contributed by atoms with Gasteiger partial charge in [0.05, 0.1) is 7.11 Å². The Morgan fingerprint density at radius 1 is 1.07 bits per heavy atom. The molecule has 1 aromatic heterocycles. The van der Waals surface area contributed by atoms with Gasteiger partial charge in [0.15, 0.2) is 0 Å². The second-order valence-corrected chi connectivity index (χ2v) is 6.96. The molecule has 1 amide bonds. The van der Waals surface area contributed by atoms with E-state index in [0.29, 0.717) is 16.1 Å². The molecule has 0 atom stereocenters. The Morgan fingerprint density at radius 2 is 1.75 bits per heavy atom. The van der Waals surface area contributed by atoms with Crippen molar-refractivity contribution in [2.75, 3.05) is 12.4 Å². The fourth-order valence-corrected chi connectivity index (χ4v) is 3.56. The van der Waals surface area contributed by atoms with Gasteiger partial charge in [0.25, 0.3) is 0 Å². The molecule has 142 valence electrons. The van der Waals surface area contributed by atoms with Gasteiger partial charge in [-0.3, -0.25) is 4.79 Å². The summed E-state index contributed by atoms with van der Waals surface area (Å²) in [4.78, 5) is 24.6. The molecule has 4 nitrogen and oxygen atoms in total. The third kappa shape index (κ3) is 4.53. The van der Waals surface area contributed by atoms with Crippen LogP contribution in [0.3, 0.4) is 0 Å². The largest absolute Gasteiger partial charge is 0.465 e. The second-order valence-electron chi connectivity index (χ2n) is 6.09. The van der Waals surface area contributed by atoms with E-state index in [0.717, 1.165) is 11.1 Å². The van der Waals surface area contributed by atoms with Crippen LogP contribution in [0.25, 0.3) is 17.2 Å². The first-order valence-electron chi connectivity index (χ1n) is 8.49. The maximum absolute atomic E-state index is 13.2. The lowest BCUT2D eigenvalue weighted by atomic mass is 10.0. The van der Waals surface area contributed by atoms with E-state index >= 15 is 0 Å². The van der Waals surface area contributed by atoms with Crippen LogP contribution in [0.2, 0.25) is 0 Å². The van der Waals surface area contributed by atoms with Crippen LogP contribution < -0.4 is 5.32 Å². The summed E-state index contributed by atoms with van der Waals surface area (Å²) < 4.78 is 18.1. The predicted octanol–water partition coefficient (Wildman–Crippen LogP) is 5.30. The molecule has 0 bridgehead atoms. The monoisotopic (exact) mass is 395 g/mol. The predicted molar refractivity (Wildman–Crippen MR) is 110 cm³/mol. The molecule has 0 aliphatic rings. The number of thiophene rings is 1. The number of halogens is 1. The molecule has 3 aromatic rings. The zero-order chi connectivity index (χ0) is 20.1. The van der Waals surface area contributed by atoms with Gasteiger partial charge in [-0.05, 0) is 36.3 Å². The quantitative estimate of drug-likeness (QED) is 0.471. The Hall–Kier alpha value is -3.25. The number of benzene rings is 2. The van der Waals surface area contributed by atoms with Crippen LogP contribution in [0, 0.1) is 12.7 Å². The Morgan fingerprint density at radius 3 is 2.39 bits per heavy atom. The summed E-state index contributed by atoms with van der Waals surface area (Å²) in [5.41, 5.74) is 3.52. The van der Waals surface area contributed by atoms with Crippen molar-refractivity contribution in [1.29, 1.82) is 0 Å². The average Bonchev–Trinajstić information content (AvgIpc) is 3.11. The molecule has 6 heteroatoms. The zero-order valence-corrected chi connectivity index (χ0v) is 16.2. The number of nitrogens with one attached hydrogen (secondary N) is 1. The van der Waals surface area contributed by atoms with Crippen LogP contribution in [-0.4, -0.2) is 19.0 Å². The summed E-state index contributed by atoms with van der Waals surface area (Å²) in [6.07, 6.45) is 3.10. The number of hydrogen-bond donors (Lipinski definition) is 1. The highest BCUT2D eigenvalue weighted by molar-refractivity contribution is 7.15. The minimum absolute atomic E-state index is 0.246. The molecule has 0 aliphatic heterocycles. The van der Waals surface area contributed by atoms with Crippen molar-refractivity contribution in [3.8, 4) is 11.1 Å². The van der Waals surface area contributed by atoms with Crippen molar-refractivity contribution in [3.05, 3.63) is 82.5 Å². The van der Waals surface area contributed by atoms with Gasteiger partial charge in [-0.25, -0.2) is 9.18 Å². The Bertz CT molecular complexity index is 1020. The van der Waals surface area contributed by atoms with Crippen molar-refractivity contribution in [3.63, 3.8) is 0 Å². The van der Waals surface area contributed by atoms with Gasteiger partial charge in [-0.2, -0.15) is 0 Å². The van der Waals surface area contributed by atoms with E-state index in [1.165, 1.54) is 36.7 Å². The smallest absolute Gasteiger partial charge is 0.341 e. The highest BCUT2D eigenvalue weighted by Crippen LogP contribution is 2.36. The molecule has 0 radical (unpaired) electrons. The molecule has 0 saturated carbocycles. The molecule has 1 N–H and O–H groups in total. The summed E-state index contributed by atoms with van der Waals surface area (Å²) in [6.45, 7) is 1.99. The lowest BCUT2D eigenvalue weighted by Crippen LogP contribution is -2.11. The third-order valence-electron chi connectivity index (χ3n) is 4.08. The van der Waals surface area contributed by atoms with Crippen molar-refractivity contribution in [2.45, 2.75) is 6.92 Å². The first-order chi connectivity index (χ1) is 13.5. The molecule has 1 heterocycles. The number of aryl methyl sites for hydroxylation is 1. The maximum atomic E-state index is 13.2. The minimum Gasteiger partial charge on any atom is -0.465 e. The number of esters is 1. The summed E-state index contributed by atoms with van der Waals surface area (Å²) in [5.74, 6) is -1.30. The molecule has 0 saturated heterocycles. The van der Waals surface area contributed by atoms with E-state index < -0.39 is 5.97 Å². The standard InChI is InChI=1S/C22H18FNO3S/c1-14-3-5-15(6-4-14)7-12-19(25)24-21-20(22(26)27-2)18(13-28-21)16-8-10-17(23)11-9-16/h3-13H,1-2H3,(H,24,25)/b12-7+. The highest BCUT2D eigenvalue weighted by atomic mass is 32.1. The van der Waals surface area contributed by atoms with Crippen molar-refractivity contribution in [1.82, 2.24) is 0 Å². The number of carbonyl (C=O) groups is 2. The van der Waals surface area contributed by atoms with Gasteiger partial charge < -0.3 is 10.1 Å². The number of hydrogen-bond acceptors (Lipinski definition) is 4. The van der Waals surface area contributed by atoms with Gasteiger partial charge in [-0.15, -0.1) is 11.3 Å². The Labute approximate surface area is 166 Å². The van der Waals surface area contributed by atoms with Crippen molar-refractivity contribution < 1.29 is 18.7 Å². The fraction of sp³-hybridized carbons (Fsp3) is 0.0909.